The summed E-state index contributed by atoms with van der Waals surface area (Å²) in [5, 5.41) is 15.3. The van der Waals surface area contributed by atoms with E-state index in [-0.39, 0.29) is 17.2 Å². The van der Waals surface area contributed by atoms with Gasteiger partial charge in [-0.05, 0) is 12.0 Å². The third-order valence-electron chi connectivity index (χ3n) is 2.81. The molecule has 1 heterocycles. The second-order valence-electron chi connectivity index (χ2n) is 4.09. The highest BCUT2D eigenvalue weighted by Gasteiger charge is 2.15. The van der Waals surface area contributed by atoms with Gasteiger partial charge in [-0.2, -0.15) is 0 Å². The van der Waals surface area contributed by atoms with Crippen LogP contribution in [0, 0.1) is 22.5 Å². The number of amides is 1. The number of nitrogens with zero attached hydrogens (tertiary/aromatic N) is 2. The molecule has 0 aliphatic heterocycles. The molecule has 1 N–H and O–H groups in total. The van der Waals surface area contributed by atoms with E-state index in [9.17, 15) is 14.9 Å². The van der Waals surface area contributed by atoms with E-state index in [1.807, 2.05) is 0 Å². The average molecular weight is 301 g/mol. The van der Waals surface area contributed by atoms with Gasteiger partial charge in [0, 0.05) is 18.0 Å². The summed E-state index contributed by atoms with van der Waals surface area (Å²) in [5.41, 5.74) is 2.75. The SMILES string of the molecule is C#Cc1c(CCNC(=O)c2cscn2)cccc1[N+](=O)[O-]. The van der Waals surface area contributed by atoms with E-state index < -0.39 is 4.92 Å². The molecule has 0 saturated carbocycles. The second-order valence-corrected chi connectivity index (χ2v) is 4.81. The van der Waals surface area contributed by atoms with Crippen molar-refractivity contribution in [3.63, 3.8) is 0 Å². The molecule has 6 nitrogen and oxygen atoms in total. The first-order valence-corrected chi connectivity index (χ1v) is 6.97. The number of nitro benzene ring substituents is 1. The van der Waals surface area contributed by atoms with Gasteiger partial charge in [-0.3, -0.25) is 14.9 Å². The summed E-state index contributed by atoms with van der Waals surface area (Å²) in [7, 11) is 0. The molecule has 1 aromatic carbocycles. The lowest BCUT2D eigenvalue weighted by Gasteiger charge is -2.06. The molecule has 7 heteroatoms. The largest absolute Gasteiger partial charge is 0.350 e. The summed E-state index contributed by atoms with van der Waals surface area (Å²) in [5.74, 6) is 2.07. The Labute approximate surface area is 125 Å². The van der Waals surface area contributed by atoms with E-state index >= 15 is 0 Å². The Balaban J connectivity index is 2.04. The zero-order valence-electron chi connectivity index (χ0n) is 10.9. The Morgan fingerprint density at radius 3 is 2.95 bits per heavy atom. The first kappa shape index (κ1) is 14.7. The molecule has 0 saturated heterocycles. The molecule has 2 rings (SSSR count). The van der Waals surface area contributed by atoms with Gasteiger partial charge >= 0.3 is 0 Å². The van der Waals surface area contributed by atoms with E-state index in [0.717, 1.165) is 0 Å². The van der Waals surface area contributed by atoms with Gasteiger partial charge in [0.2, 0.25) is 0 Å². The highest BCUT2D eigenvalue weighted by atomic mass is 32.1. The molecule has 0 radical (unpaired) electrons. The Kier molecular flexibility index (Phi) is 4.64. The number of carbonyl (C=O) groups is 1. The van der Waals surface area contributed by atoms with Crippen molar-refractivity contribution in [3.05, 3.63) is 56.0 Å². The minimum absolute atomic E-state index is 0.0965. The summed E-state index contributed by atoms with van der Waals surface area (Å²) >= 11 is 1.34. The fraction of sp³-hybridized carbons (Fsp3) is 0.143. The molecule has 21 heavy (non-hydrogen) atoms. The number of aromatic nitrogens is 1. The molecular formula is C14H11N3O3S. The fourth-order valence-corrected chi connectivity index (χ4v) is 2.37. The van der Waals surface area contributed by atoms with Crippen molar-refractivity contribution in [3.8, 4) is 12.3 Å². The lowest BCUT2D eigenvalue weighted by molar-refractivity contribution is -0.385. The number of benzene rings is 1. The number of nitrogens with one attached hydrogen (secondary N) is 1. The average Bonchev–Trinajstić information content (AvgIpc) is 3.01. The van der Waals surface area contributed by atoms with Crippen molar-refractivity contribution in [1.82, 2.24) is 10.3 Å². The Hall–Kier alpha value is -2.72. The summed E-state index contributed by atoms with van der Waals surface area (Å²) < 4.78 is 0. The molecule has 0 aliphatic carbocycles. The van der Waals surface area contributed by atoms with Crippen LogP contribution in [0.1, 0.15) is 21.6 Å². The van der Waals surface area contributed by atoms with Crippen LogP contribution in [0.3, 0.4) is 0 Å². The number of thiazole rings is 1. The van der Waals surface area contributed by atoms with Gasteiger partial charge in [0.05, 0.1) is 10.4 Å². The number of nitro groups is 1. The third-order valence-corrected chi connectivity index (χ3v) is 3.40. The summed E-state index contributed by atoms with van der Waals surface area (Å²) in [4.78, 5) is 26.0. The molecular weight excluding hydrogens is 290 g/mol. The van der Waals surface area contributed by atoms with Gasteiger partial charge in [0.1, 0.15) is 11.3 Å². The summed E-state index contributed by atoms with van der Waals surface area (Å²) in [6, 6.07) is 4.67. The normalized spacial score (nSPS) is 9.86. The van der Waals surface area contributed by atoms with E-state index in [4.69, 9.17) is 6.42 Å². The van der Waals surface area contributed by atoms with Crippen LogP contribution in [-0.2, 0) is 6.42 Å². The molecule has 1 aromatic heterocycles. The Bertz CT molecular complexity index is 705. The van der Waals surface area contributed by atoms with Crippen LogP contribution >= 0.6 is 11.3 Å². The number of terminal acetylenes is 1. The van der Waals surface area contributed by atoms with Gasteiger partial charge in [0.15, 0.2) is 0 Å². The fourth-order valence-electron chi connectivity index (χ4n) is 1.84. The molecule has 1 amide bonds. The van der Waals surface area contributed by atoms with Crippen LogP contribution in [-0.4, -0.2) is 22.4 Å². The van der Waals surface area contributed by atoms with Gasteiger partial charge in [0.25, 0.3) is 11.6 Å². The summed E-state index contributed by atoms with van der Waals surface area (Å²) in [6.07, 6.45) is 5.76. The number of carbonyl (C=O) groups excluding carboxylic acids is 1. The number of rotatable bonds is 5. The van der Waals surface area contributed by atoms with E-state index in [1.54, 1.807) is 23.0 Å². The standard InChI is InChI=1S/C14H11N3O3S/c1-2-11-10(4-3-5-13(11)17(19)20)6-7-15-14(18)12-8-21-9-16-12/h1,3-5,8-9H,6-7H2,(H,15,18). The maximum Gasteiger partial charge on any atom is 0.285 e. The predicted octanol–water partition coefficient (Wildman–Crippen LogP) is 2.01. The maximum atomic E-state index is 11.7. The van der Waals surface area contributed by atoms with Crippen molar-refractivity contribution in [2.24, 2.45) is 0 Å². The van der Waals surface area contributed by atoms with Gasteiger partial charge in [-0.15, -0.1) is 17.8 Å². The van der Waals surface area contributed by atoms with Crippen molar-refractivity contribution >= 4 is 22.9 Å². The second kappa shape index (κ2) is 6.63. The molecule has 0 aliphatic rings. The smallest absolute Gasteiger partial charge is 0.285 e. The van der Waals surface area contributed by atoms with Crippen LogP contribution in [0.2, 0.25) is 0 Å². The van der Waals surface area contributed by atoms with Crippen molar-refractivity contribution in [1.29, 1.82) is 0 Å². The zero-order valence-corrected chi connectivity index (χ0v) is 11.7. The van der Waals surface area contributed by atoms with Crippen molar-refractivity contribution < 1.29 is 9.72 Å². The highest BCUT2D eigenvalue weighted by Crippen LogP contribution is 2.21. The third kappa shape index (κ3) is 3.43. The Morgan fingerprint density at radius 1 is 1.52 bits per heavy atom. The van der Waals surface area contributed by atoms with E-state index in [1.165, 1.54) is 17.4 Å². The van der Waals surface area contributed by atoms with Crippen LogP contribution in [0.5, 0.6) is 0 Å². The van der Waals surface area contributed by atoms with Gasteiger partial charge < -0.3 is 5.32 Å². The van der Waals surface area contributed by atoms with Crippen molar-refractivity contribution in [2.75, 3.05) is 6.54 Å². The van der Waals surface area contributed by atoms with Crippen LogP contribution < -0.4 is 5.32 Å². The molecule has 2 aromatic rings. The van der Waals surface area contributed by atoms with Gasteiger partial charge in [-0.1, -0.05) is 18.1 Å². The quantitative estimate of drug-likeness (QED) is 0.520. The monoisotopic (exact) mass is 301 g/mol. The van der Waals surface area contributed by atoms with Crippen LogP contribution in [0.4, 0.5) is 5.69 Å². The zero-order chi connectivity index (χ0) is 15.2. The lowest BCUT2D eigenvalue weighted by Crippen LogP contribution is -2.26. The molecule has 0 atom stereocenters. The van der Waals surface area contributed by atoms with E-state index in [2.05, 4.69) is 16.2 Å². The minimum atomic E-state index is -0.507. The first-order valence-electron chi connectivity index (χ1n) is 6.02. The number of hydrogen-bond donors (Lipinski definition) is 1. The molecule has 0 spiro atoms. The van der Waals surface area contributed by atoms with Crippen LogP contribution in [0.25, 0.3) is 0 Å². The van der Waals surface area contributed by atoms with Crippen LogP contribution in [0.15, 0.2) is 29.1 Å². The summed E-state index contributed by atoms with van der Waals surface area (Å²) in [6.45, 7) is 0.326. The Morgan fingerprint density at radius 2 is 2.33 bits per heavy atom. The topological polar surface area (TPSA) is 85.1 Å². The highest BCUT2D eigenvalue weighted by molar-refractivity contribution is 7.07. The molecule has 0 unspecified atom stereocenters. The maximum absolute atomic E-state index is 11.7. The first-order chi connectivity index (χ1) is 10.1. The van der Waals surface area contributed by atoms with Crippen molar-refractivity contribution in [2.45, 2.75) is 6.42 Å². The van der Waals surface area contributed by atoms with E-state index in [0.29, 0.717) is 24.2 Å². The molecule has 0 bridgehead atoms. The molecule has 106 valence electrons. The number of hydrogen-bond acceptors (Lipinski definition) is 5. The van der Waals surface area contributed by atoms with Gasteiger partial charge in [-0.25, -0.2) is 4.98 Å². The molecule has 0 fully saturated rings. The predicted molar refractivity (Wildman–Crippen MR) is 79.2 cm³/mol. The minimum Gasteiger partial charge on any atom is -0.350 e. The lowest BCUT2D eigenvalue weighted by atomic mass is 10.0.